The molecule has 14 heteroatoms. The summed E-state index contributed by atoms with van der Waals surface area (Å²) in [7, 11) is 0. The molecule has 12 atom stereocenters. The Morgan fingerprint density at radius 3 is 1.44 bits per heavy atom. The predicted molar refractivity (Wildman–Crippen MR) is 277 cm³/mol. The fourth-order valence-electron chi connectivity index (χ4n) is 9.24. The summed E-state index contributed by atoms with van der Waals surface area (Å²) in [5, 5.41) is 86.7. The third-order valence-corrected chi connectivity index (χ3v) is 13.9. The van der Waals surface area contributed by atoms with Gasteiger partial charge in [-0.1, -0.05) is 198 Å². The van der Waals surface area contributed by atoms with Gasteiger partial charge in [0.1, 0.15) is 48.8 Å². The molecule has 2 saturated heterocycles. The smallest absolute Gasteiger partial charge is 0.220 e. The van der Waals surface area contributed by atoms with Crippen LogP contribution in [0.4, 0.5) is 0 Å². The van der Waals surface area contributed by atoms with Crippen molar-refractivity contribution in [1.82, 2.24) is 5.32 Å². The molecular weight excluding hydrogens is 895 g/mol. The zero-order chi connectivity index (χ0) is 51.0. The highest BCUT2D eigenvalue weighted by Crippen LogP contribution is 2.30. The molecule has 0 aromatic carbocycles. The Kier molecular flexibility index (Phi) is 39.1. The minimum absolute atomic E-state index is 0.212. The van der Waals surface area contributed by atoms with Gasteiger partial charge in [0.15, 0.2) is 12.6 Å². The number of amides is 1. The van der Waals surface area contributed by atoms with E-state index >= 15 is 0 Å². The van der Waals surface area contributed by atoms with Crippen LogP contribution in [0.2, 0.25) is 0 Å². The number of allylic oxidation sites excluding steroid dienone is 6. The molecule has 2 rings (SSSR count). The summed E-state index contributed by atoms with van der Waals surface area (Å²) in [4.78, 5) is 13.2. The van der Waals surface area contributed by atoms with Crippen molar-refractivity contribution >= 4 is 5.91 Å². The normalized spacial score (nSPS) is 26.2. The SMILES string of the molecule is CCCCCCC/C=C\C/C=C\C/C=C\CCCCCCCCCCCCCCCCC(=O)NC(COC1OC(CO)C(OC2OC(CO)C(O)C(O)C2O)C(O)C1O)C(O)CCCCCCCCC. The highest BCUT2D eigenvalue weighted by molar-refractivity contribution is 5.76. The monoisotopic (exact) mass is 998 g/mol. The first kappa shape index (κ1) is 64.3. The first-order chi connectivity index (χ1) is 34.1. The Morgan fingerprint density at radius 2 is 0.943 bits per heavy atom. The second-order valence-corrected chi connectivity index (χ2v) is 20.1. The van der Waals surface area contributed by atoms with Crippen molar-refractivity contribution in [1.29, 1.82) is 0 Å². The number of ether oxygens (including phenoxy) is 4. The van der Waals surface area contributed by atoms with Gasteiger partial charge in [0, 0.05) is 6.42 Å². The second kappa shape index (κ2) is 42.6. The Balaban J connectivity index is 1.62. The molecule has 12 unspecified atom stereocenters. The van der Waals surface area contributed by atoms with Crippen LogP contribution >= 0.6 is 0 Å². The minimum Gasteiger partial charge on any atom is -0.394 e. The summed E-state index contributed by atoms with van der Waals surface area (Å²) >= 11 is 0. The van der Waals surface area contributed by atoms with E-state index in [1.165, 1.54) is 128 Å². The molecule has 2 aliphatic heterocycles. The number of carbonyl (C=O) groups excluding carboxylic acids is 1. The Labute approximate surface area is 423 Å². The van der Waals surface area contributed by atoms with Crippen molar-refractivity contribution in [3.63, 3.8) is 0 Å². The molecule has 0 saturated carbocycles. The zero-order valence-corrected chi connectivity index (χ0v) is 43.8. The van der Waals surface area contributed by atoms with Crippen LogP contribution in [0.5, 0.6) is 0 Å². The van der Waals surface area contributed by atoms with Gasteiger partial charge < -0.3 is 65.1 Å². The molecule has 0 aromatic rings. The molecule has 2 fully saturated rings. The molecule has 410 valence electrons. The van der Waals surface area contributed by atoms with E-state index in [0.717, 1.165) is 64.2 Å². The lowest BCUT2D eigenvalue weighted by Gasteiger charge is -2.46. The van der Waals surface area contributed by atoms with Crippen LogP contribution in [0.25, 0.3) is 0 Å². The molecule has 0 aliphatic carbocycles. The number of aliphatic hydroxyl groups excluding tert-OH is 8. The molecule has 14 nitrogen and oxygen atoms in total. The fraction of sp³-hybridized carbons (Fsp3) is 0.875. The number of rotatable bonds is 44. The van der Waals surface area contributed by atoms with Crippen molar-refractivity contribution < 1.29 is 64.6 Å². The van der Waals surface area contributed by atoms with Crippen LogP contribution in [0, 0.1) is 0 Å². The van der Waals surface area contributed by atoms with Crippen LogP contribution in [-0.4, -0.2) is 140 Å². The van der Waals surface area contributed by atoms with Gasteiger partial charge in [-0.3, -0.25) is 4.79 Å². The highest BCUT2D eigenvalue weighted by atomic mass is 16.7. The van der Waals surface area contributed by atoms with Crippen molar-refractivity contribution in [3.8, 4) is 0 Å². The number of hydrogen-bond donors (Lipinski definition) is 9. The summed E-state index contributed by atoms with van der Waals surface area (Å²) < 4.78 is 22.7. The van der Waals surface area contributed by atoms with Gasteiger partial charge in [0.25, 0.3) is 0 Å². The van der Waals surface area contributed by atoms with Crippen LogP contribution in [0.3, 0.4) is 0 Å². The predicted octanol–water partition coefficient (Wildman–Crippen LogP) is 8.66. The molecular formula is C56H103NO13. The number of hydrogen-bond acceptors (Lipinski definition) is 13. The lowest BCUT2D eigenvalue weighted by Crippen LogP contribution is -2.65. The van der Waals surface area contributed by atoms with E-state index < -0.39 is 86.8 Å². The van der Waals surface area contributed by atoms with E-state index in [9.17, 15) is 45.6 Å². The zero-order valence-electron chi connectivity index (χ0n) is 43.8. The summed E-state index contributed by atoms with van der Waals surface area (Å²) in [5.41, 5.74) is 0. The average molecular weight is 998 g/mol. The summed E-state index contributed by atoms with van der Waals surface area (Å²) in [6.07, 6.45) is 33.4. The van der Waals surface area contributed by atoms with Crippen molar-refractivity contribution in [2.45, 2.75) is 293 Å². The Morgan fingerprint density at radius 1 is 0.514 bits per heavy atom. The van der Waals surface area contributed by atoms with Crippen molar-refractivity contribution in [3.05, 3.63) is 36.5 Å². The van der Waals surface area contributed by atoms with E-state index in [2.05, 4.69) is 55.6 Å². The van der Waals surface area contributed by atoms with E-state index in [-0.39, 0.29) is 12.5 Å². The first-order valence-corrected chi connectivity index (χ1v) is 28.2. The maximum atomic E-state index is 13.2. The lowest BCUT2D eigenvalue weighted by molar-refractivity contribution is -0.359. The third kappa shape index (κ3) is 28.6. The maximum absolute atomic E-state index is 13.2. The third-order valence-electron chi connectivity index (χ3n) is 13.9. The van der Waals surface area contributed by atoms with Crippen molar-refractivity contribution in [2.75, 3.05) is 19.8 Å². The van der Waals surface area contributed by atoms with Gasteiger partial charge in [0.2, 0.25) is 5.91 Å². The topological polar surface area (TPSA) is 228 Å². The number of nitrogens with one attached hydrogen (secondary N) is 1. The van der Waals surface area contributed by atoms with E-state index in [1.807, 2.05) is 0 Å². The molecule has 70 heavy (non-hydrogen) atoms. The summed E-state index contributed by atoms with van der Waals surface area (Å²) in [6.45, 7) is 2.79. The maximum Gasteiger partial charge on any atom is 0.220 e. The standard InChI is InChI=1S/C56H103NO13/c1-3-5-7-9-11-12-13-14-15-16-17-18-19-20-21-22-23-24-25-26-27-28-29-30-31-32-34-36-38-40-48(61)57-44(45(60)39-37-35-33-10-8-6-4-2)43-67-55-53(66)51(64)54(47(42-59)69-55)70-56-52(65)50(63)49(62)46(41-58)68-56/h13-14,16-17,19-20,44-47,49-56,58-60,62-66H,3-12,15,18,21-43H2,1-2H3,(H,57,61)/b14-13-,17-16-,20-19-. The lowest BCUT2D eigenvalue weighted by atomic mass is 9.97. The fourth-order valence-corrected chi connectivity index (χ4v) is 9.24. The van der Waals surface area contributed by atoms with Gasteiger partial charge in [-0.15, -0.1) is 0 Å². The van der Waals surface area contributed by atoms with E-state index in [0.29, 0.717) is 12.8 Å². The summed E-state index contributed by atoms with van der Waals surface area (Å²) in [6, 6.07) is -0.825. The van der Waals surface area contributed by atoms with Crippen molar-refractivity contribution in [2.24, 2.45) is 0 Å². The Bertz CT molecular complexity index is 1320. The average Bonchev–Trinajstić information content (AvgIpc) is 3.36. The molecule has 0 spiro atoms. The summed E-state index contributed by atoms with van der Waals surface area (Å²) in [5.74, 6) is -0.212. The van der Waals surface area contributed by atoms with Gasteiger partial charge in [-0.25, -0.2) is 0 Å². The second-order valence-electron chi connectivity index (χ2n) is 20.1. The van der Waals surface area contributed by atoms with E-state index in [4.69, 9.17) is 18.9 Å². The molecule has 0 bridgehead atoms. The molecule has 2 heterocycles. The largest absolute Gasteiger partial charge is 0.394 e. The number of carbonyl (C=O) groups is 1. The highest BCUT2D eigenvalue weighted by Gasteiger charge is 2.51. The van der Waals surface area contributed by atoms with Crippen LogP contribution in [0.15, 0.2) is 36.5 Å². The van der Waals surface area contributed by atoms with E-state index in [1.54, 1.807) is 0 Å². The Hall–Kier alpha value is -1.79. The van der Waals surface area contributed by atoms with Crippen LogP contribution in [-0.2, 0) is 23.7 Å². The molecule has 0 radical (unpaired) electrons. The number of unbranched alkanes of at least 4 members (excludes halogenated alkanes) is 25. The molecule has 2 aliphatic rings. The van der Waals surface area contributed by atoms with Gasteiger partial charge >= 0.3 is 0 Å². The number of aliphatic hydroxyl groups is 8. The molecule has 1 amide bonds. The quantitative estimate of drug-likeness (QED) is 0.0206. The molecule has 0 aromatic heterocycles. The molecule has 9 N–H and O–H groups in total. The van der Waals surface area contributed by atoms with Crippen LogP contribution < -0.4 is 5.32 Å². The van der Waals surface area contributed by atoms with Crippen LogP contribution in [0.1, 0.15) is 219 Å². The van der Waals surface area contributed by atoms with Gasteiger partial charge in [-0.2, -0.15) is 0 Å². The van der Waals surface area contributed by atoms with Gasteiger partial charge in [-0.05, 0) is 51.4 Å². The van der Waals surface area contributed by atoms with Gasteiger partial charge in [0.05, 0.1) is 32.0 Å². The minimum atomic E-state index is -1.78. The first-order valence-electron chi connectivity index (χ1n) is 28.2.